The number of nitro groups is 1. The van der Waals surface area contributed by atoms with Crippen LogP contribution >= 0.6 is 0 Å². The molecule has 3 N–H and O–H groups in total. The second kappa shape index (κ2) is 3.11. The summed E-state index contributed by atoms with van der Waals surface area (Å²) in [5, 5.41) is 16.3. The second-order valence-corrected chi connectivity index (χ2v) is 2.03. The molecule has 1 aromatic heterocycles. The van der Waals surface area contributed by atoms with Gasteiger partial charge in [0.1, 0.15) is 11.9 Å². The van der Waals surface area contributed by atoms with Gasteiger partial charge in [-0.1, -0.05) is 0 Å². The van der Waals surface area contributed by atoms with Gasteiger partial charge < -0.3 is 5.73 Å². The molecule has 0 aliphatic carbocycles. The molecule has 0 radical (unpaired) electrons. The van der Waals surface area contributed by atoms with Gasteiger partial charge in [-0.05, 0) is 6.54 Å². The molecule has 0 spiro atoms. The molecule has 0 bridgehead atoms. The summed E-state index contributed by atoms with van der Waals surface area (Å²) in [5.41, 5.74) is 5.71. The third-order valence-electron chi connectivity index (χ3n) is 1.29. The Balaban J connectivity index is 2.87. The maximum atomic E-state index is 10.3. The monoisotopic (exact) mass is 156 g/mol. The molecule has 0 saturated heterocycles. The van der Waals surface area contributed by atoms with Gasteiger partial charge in [0, 0.05) is 6.42 Å². The number of nitrogens with two attached hydrogens (primary N) is 1. The topological polar surface area (TPSA) is 97.8 Å². The van der Waals surface area contributed by atoms with E-state index in [0.29, 0.717) is 18.7 Å². The predicted molar refractivity (Wildman–Crippen MR) is 38.0 cm³/mol. The van der Waals surface area contributed by atoms with E-state index in [4.69, 9.17) is 5.73 Å². The van der Waals surface area contributed by atoms with Gasteiger partial charge >= 0.3 is 5.69 Å². The summed E-state index contributed by atoms with van der Waals surface area (Å²) in [6.45, 7) is 0.378. The van der Waals surface area contributed by atoms with Crippen LogP contribution in [0.3, 0.4) is 0 Å². The summed E-state index contributed by atoms with van der Waals surface area (Å²) in [7, 11) is 0. The minimum atomic E-state index is -0.478. The van der Waals surface area contributed by atoms with Gasteiger partial charge in [0.2, 0.25) is 0 Å². The van der Waals surface area contributed by atoms with E-state index in [1.54, 1.807) is 0 Å². The van der Waals surface area contributed by atoms with Crippen LogP contribution in [-0.2, 0) is 6.42 Å². The molecule has 0 aliphatic heterocycles. The van der Waals surface area contributed by atoms with E-state index in [-0.39, 0.29) is 5.69 Å². The minimum Gasteiger partial charge on any atom is -0.330 e. The van der Waals surface area contributed by atoms with Gasteiger partial charge in [0.15, 0.2) is 0 Å². The van der Waals surface area contributed by atoms with Gasteiger partial charge in [0.05, 0.1) is 4.92 Å². The maximum absolute atomic E-state index is 10.3. The van der Waals surface area contributed by atoms with Crippen molar-refractivity contribution in [1.29, 1.82) is 0 Å². The van der Waals surface area contributed by atoms with Crippen molar-refractivity contribution in [3.05, 3.63) is 22.0 Å². The summed E-state index contributed by atoms with van der Waals surface area (Å²) in [6.07, 6.45) is 1.64. The van der Waals surface area contributed by atoms with Gasteiger partial charge in [-0.3, -0.25) is 15.2 Å². The molecule has 60 valence electrons. The van der Waals surface area contributed by atoms with Crippen LogP contribution in [0.25, 0.3) is 0 Å². The Morgan fingerprint density at radius 3 is 3.09 bits per heavy atom. The van der Waals surface area contributed by atoms with Crippen molar-refractivity contribution in [2.75, 3.05) is 6.54 Å². The SMILES string of the molecule is NCCc1[nH]ncc1[N+](=O)[O-]. The fourth-order valence-corrected chi connectivity index (χ4v) is 0.792. The first kappa shape index (κ1) is 7.67. The third-order valence-corrected chi connectivity index (χ3v) is 1.29. The van der Waals surface area contributed by atoms with E-state index in [1.807, 2.05) is 0 Å². The van der Waals surface area contributed by atoms with Crippen molar-refractivity contribution < 1.29 is 4.92 Å². The Hall–Kier alpha value is -1.43. The molecule has 0 unspecified atom stereocenters. The molecule has 6 heteroatoms. The molecule has 0 amide bonds. The lowest BCUT2D eigenvalue weighted by molar-refractivity contribution is -0.385. The molecule has 0 atom stereocenters. The van der Waals surface area contributed by atoms with E-state index < -0.39 is 4.92 Å². The lowest BCUT2D eigenvalue weighted by Crippen LogP contribution is -2.04. The number of aromatic nitrogens is 2. The summed E-state index contributed by atoms with van der Waals surface area (Å²) in [6, 6.07) is 0. The van der Waals surface area contributed by atoms with Gasteiger partial charge in [-0.25, -0.2) is 0 Å². The summed E-state index contributed by atoms with van der Waals surface area (Å²) >= 11 is 0. The van der Waals surface area contributed by atoms with E-state index in [9.17, 15) is 10.1 Å². The average Bonchev–Trinajstić information content (AvgIpc) is 2.36. The standard InChI is InChI=1S/C5H8N4O2/c6-2-1-4-5(9(10)11)3-7-8-4/h3H,1-2,6H2,(H,7,8). The summed E-state index contributed by atoms with van der Waals surface area (Å²) < 4.78 is 0. The molecule has 11 heavy (non-hydrogen) atoms. The Morgan fingerprint density at radius 2 is 2.55 bits per heavy atom. The number of aromatic amines is 1. The van der Waals surface area contributed by atoms with Crippen LogP contribution in [0.1, 0.15) is 5.69 Å². The van der Waals surface area contributed by atoms with Crippen molar-refractivity contribution >= 4 is 5.69 Å². The highest BCUT2D eigenvalue weighted by Crippen LogP contribution is 2.13. The Labute approximate surface area is 62.6 Å². The quantitative estimate of drug-likeness (QED) is 0.468. The van der Waals surface area contributed by atoms with Crippen molar-refractivity contribution in [1.82, 2.24) is 10.2 Å². The number of H-pyrrole nitrogens is 1. The highest BCUT2D eigenvalue weighted by molar-refractivity contribution is 5.31. The van der Waals surface area contributed by atoms with Crippen LogP contribution in [0, 0.1) is 10.1 Å². The zero-order valence-corrected chi connectivity index (χ0v) is 5.78. The fraction of sp³-hybridized carbons (Fsp3) is 0.400. The van der Waals surface area contributed by atoms with E-state index in [2.05, 4.69) is 10.2 Å². The van der Waals surface area contributed by atoms with Crippen LogP contribution in [-0.4, -0.2) is 21.7 Å². The summed E-state index contributed by atoms with van der Waals surface area (Å²) in [4.78, 5) is 9.78. The van der Waals surface area contributed by atoms with E-state index >= 15 is 0 Å². The Bertz CT molecular complexity index is 257. The Kier molecular flexibility index (Phi) is 2.17. The lowest BCUT2D eigenvalue weighted by Gasteiger charge is -1.90. The first-order valence-electron chi connectivity index (χ1n) is 3.12. The minimum absolute atomic E-state index is 0.00968. The fourth-order valence-electron chi connectivity index (χ4n) is 0.792. The molecule has 6 nitrogen and oxygen atoms in total. The highest BCUT2D eigenvalue weighted by Gasteiger charge is 2.14. The van der Waals surface area contributed by atoms with Crippen LogP contribution in [0.2, 0.25) is 0 Å². The smallest absolute Gasteiger partial charge is 0.309 e. The normalized spacial score (nSPS) is 9.91. The van der Waals surface area contributed by atoms with Crippen LogP contribution < -0.4 is 5.73 Å². The van der Waals surface area contributed by atoms with Crippen LogP contribution in [0.4, 0.5) is 5.69 Å². The van der Waals surface area contributed by atoms with Gasteiger partial charge in [0.25, 0.3) is 0 Å². The number of hydrogen-bond donors (Lipinski definition) is 2. The number of nitrogens with one attached hydrogen (secondary N) is 1. The zero-order chi connectivity index (χ0) is 8.27. The van der Waals surface area contributed by atoms with Crippen molar-refractivity contribution in [3.63, 3.8) is 0 Å². The third kappa shape index (κ3) is 1.53. The molecule has 0 fully saturated rings. The molecule has 0 aliphatic rings. The van der Waals surface area contributed by atoms with Crippen molar-refractivity contribution in [2.45, 2.75) is 6.42 Å². The molecule has 0 aromatic carbocycles. The van der Waals surface area contributed by atoms with Gasteiger partial charge in [-0.15, -0.1) is 0 Å². The van der Waals surface area contributed by atoms with Crippen LogP contribution in [0.5, 0.6) is 0 Å². The van der Waals surface area contributed by atoms with Crippen molar-refractivity contribution in [2.24, 2.45) is 5.73 Å². The van der Waals surface area contributed by atoms with Crippen molar-refractivity contribution in [3.8, 4) is 0 Å². The van der Waals surface area contributed by atoms with E-state index in [0.717, 1.165) is 0 Å². The molecular weight excluding hydrogens is 148 g/mol. The number of hydrogen-bond acceptors (Lipinski definition) is 4. The molecule has 1 aromatic rings. The highest BCUT2D eigenvalue weighted by atomic mass is 16.6. The largest absolute Gasteiger partial charge is 0.330 e. The van der Waals surface area contributed by atoms with E-state index in [1.165, 1.54) is 6.20 Å². The summed E-state index contributed by atoms with van der Waals surface area (Å²) in [5.74, 6) is 0. The zero-order valence-electron chi connectivity index (χ0n) is 5.78. The molecule has 1 heterocycles. The second-order valence-electron chi connectivity index (χ2n) is 2.03. The molecule has 1 rings (SSSR count). The first-order chi connectivity index (χ1) is 5.25. The first-order valence-corrected chi connectivity index (χ1v) is 3.12. The molecule has 0 saturated carbocycles. The molecular formula is C5H8N4O2. The lowest BCUT2D eigenvalue weighted by atomic mass is 10.3. The Morgan fingerprint density at radius 1 is 1.82 bits per heavy atom. The average molecular weight is 156 g/mol. The predicted octanol–water partition coefficient (Wildman–Crippen LogP) is -0.181. The number of nitrogens with zero attached hydrogens (tertiary/aromatic N) is 2. The van der Waals surface area contributed by atoms with Gasteiger partial charge in [-0.2, -0.15) is 5.10 Å². The maximum Gasteiger partial charge on any atom is 0.309 e. The van der Waals surface area contributed by atoms with Crippen LogP contribution in [0.15, 0.2) is 6.20 Å². The number of rotatable bonds is 3.